The molecule has 0 radical (unpaired) electrons. The van der Waals surface area contributed by atoms with Crippen LogP contribution in [0.2, 0.25) is 0 Å². The molecular weight excluding hydrogens is 480 g/mol. The Bertz CT molecular complexity index is 1370. The largest absolute Gasteiger partial charge is 0.492 e. The number of carbonyl (C=O) groups is 1. The van der Waals surface area contributed by atoms with Crippen LogP contribution in [0, 0.1) is 5.92 Å². The molecule has 0 saturated carbocycles. The second-order valence-corrected chi connectivity index (χ2v) is 10.4. The minimum absolute atomic E-state index is 0.0204. The summed E-state index contributed by atoms with van der Waals surface area (Å²) in [6.07, 6.45) is 4.04. The Balaban J connectivity index is 1.06. The number of rotatable bonds is 7. The van der Waals surface area contributed by atoms with E-state index in [1.54, 1.807) is 10.8 Å². The van der Waals surface area contributed by atoms with Gasteiger partial charge in [-0.25, -0.2) is 0 Å². The van der Waals surface area contributed by atoms with Crippen LogP contribution in [0.15, 0.2) is 65.5 Å². The summed E-state index contributed by atoms with van der Waals surface area (Å²) in [7, 11) is 1.52. The smallest absolute Gasteiger partial charge is 0.257 e. The van der Waals surface area contributed by atoms with Gasteiger partial charge in [-0.2, -0.15) is 0 Å². The van der Waals surface area contributed by atoms with E-state index in [-0.39, 0.29) is 24.5 Å². The van der Waals surface area contributed by atoms with E-state index in [0.29, 0.717) is 6.61 Å². The van der Waals surface area contributed by atoms with Crippen LogP contribution < -0.4 is 4.74 Å². The monoisotopic (exact) mass is 514 g/mol. The van der Waals surface area contributed by atoms with E-state index in [9.17, 15) is 4.79 Å². The van der Waals surface area contributed by atoms with Crippen LogP contribution in [0.1, 0.15) is 22.8 Å². The van der Waals surface area contributed by atoms with Crippen LogP contribution in [-0.2, 0) is 9.57 Å². The van der Waals surface area contributed by atoms with Gasteiger partial charge in [0.1, 0.15) is 24.7 Å². The van der Waals surface area contributed by atoms with Gasteiger partial charge >= 0.3 is 0 Å². The molecule has 0 spiro atoms. The molecule has 8 nitrogen and oxygen atoms in total. The number of aromatic nitrogens is 1. The number of carbonyl (C=O) groups excluding carboxylic acids is 1. The Morgan fingerprint density at radius 3 is 2.68 bits per heavy atom. The van der Waals surface area contributed by atoms with E-state index in [1.165, 1.54) is 18.2 Å². The van der Waals surface area contributed by atoms with Crippen molar-refractivity contribution in [3.63, 3.8) is 0 Å². The molecule has 4 heterocycles. The van der Waals surface area contributed by atoms with E-state index in [0.717, 1.165) is 67.2 Å². The summed E-state index contributed by atoms with van der Waals surface area (Å²) >= 11 is 0. The number of methoxy groups -OCH3 is 1. The number of nitrogens with zero attached hydrogens (tertiary/aromatic N) is 4. The highest BCUT2D eigenvalue weighted by Crippen LogP contribution is 2.37. The first kappa shape index (κ1) is 24.9. The maximum Gasteiger partial charge on any atom is 0.257 e. The van der Waals surface area contributed by atoms with Gasteiger partial charge in [-0.1, -0.05) is 47.1 Å². The third-order valence-corrected chi connectivity index (χ3v) is 7.70. The molecule has 2 atom stereocenters. The van der Waals surface area contributed by atoms with E-state index < -0.39 is 0 Å². The minimum Gasteiger partial charge on any atom is -0.492 e. The Labute approximate surface area is 223 Å². The first-order valence-corrected chi connectivity index (χ1v) is 13.3. The molecule has 1 aromatic heterocycles. The molecule has 0 bridgehead atoms. The second kappa shape index (κ2) is 10.7. The van der Waals surface area contributed by atoms with Crippen LogP contribution in [0.5, 0.6) is 5.75 Å². The van der Waals surface area contributed by atoms with Gasteiger partial charge < -0.3 is 14.3 Å². The van der Waals surface area contributed by atoms with Gasteiger partial charge in [-0.05, 0) is 24.6 Å². The van der Waals surface area contributed by atoms with Crippen molar-refractivity contribution in [3.05, 3.63) is 71.4 Å². The van der Waals surface area contributed by atoms with Crippen LogP contribution in [0.25, 0.3) is 17.0 Å². The van der Waals surface area contributed by atoms with Crippen LogP contribution >= 0.6 is 0 Å². The summed E-state index contributed by atoms with van der Waals surface area (Å²) < 4.78 is 12.8. The quantitative estimate of drug-likeness (QED) is 0.478. The van der Waals surface area contributed by atoms with Gasteiger partial charge in [0.25, 0.3) is 5.91 Å². The van der Waals surface area contributed by atoms with Gasteiger partial charge in [0.05, 0.1) is 11.4 Å². The van der Waals surface area contributed by atoms with Gasteiger partial charge in [0.15, 0.2) is 6.10 Å². The van der Waals surface area contributed by atoms with E-state index in [1.807, 2.05) is 12.1 Å². The number of hydrogen-bond donors (Lipinski definition) is 0. The van der Waals surface area contributed by atoms with Crippen molar-refractivity contribution in [3.8, 4) is 5.75 Å². The van der Waals surface area contributed by atoms with Crippen molar-refractivity contribution in [1.82, 2.24) is 14.4 Å². The average molecular weight is 515 g/mol. The number of ether oxygens (including phenoxy) is 2. The highest BCUT2D eigenvalue weighted by Gasteiger charge is 2.41. The van der Waals surface area contributed by atoms with Crippen LogP contribution in [0.3, 0.4) is 0 Å². The molecule has 0 amide bonds. The lowest BCUT2D eigenvalue weighted by Gasteiger charge is -2.36. The fourth-order valence-corrected chi connectivity index (χ4v) is 5.73. The molecule has 8 heteroatoms. The van der Waals surface area contributed by atoms with Crippen molar-refractivity contribution in [2.24, 2.45) is 11.1 Å². The van der Waals surface area contributed by atoms with Gasteiger partial charge in [0, 0.05) is 69.6 Å². The van der Waals surface area contributed by atoms with Gasteiger partial charge in [-0.3, -0.25) is 19.2 Å². The average Bonchev–Trinajstić information content (AvgIpc) is 3.53. The van der Waals surface area contributed by atoms with Gasteiger partial charge in [-0.15, -0.1) is 0 Å². The molecule has 2 aromatic carbocycles. The molecule has 3 aliphatic rings. The minimum atomic E-state index is -0.111. The van der Waals surface area contributed by atoms with Gasteiger partial charge in [0.2, 0.25) is 0 Å². The van der Waals surface area contributed by atoms with E-state index in [4.69, 9.17) is 14.3 Å². The number of oxime groups is 1. The first-order valence-electron chi connectivity index (χ1n) is 13.3. The number of piperazine rings is 1. The molecular formula is C30H34N4O4. The molecule has 2 unspecified atom stereocenters. The summed E-state index contributed by atoms with van der Waals surface area (Å²) in [5.41, 5.74) is 5.36. The summed E-state index contributed by atoms with van der Waals surface area (Å²) in [5.74, 6) is 0.737. The lowest BCUT2D eigenvalue weighted by atomic mass is 9.89. The molecule has 0 N–H and O–H groups in total. The normalized spacial score (nSPS) is 21.9. The molecule has 1 fully saturated rings. The Morgan fingerprint density at radius 1 is 1.11 bits per heavy atom. The maximum atomic E-state index is 12.4. The third-order valence-electron chi connectivity index (χ3n) is 7.70. The molecule has 198 valence electrons. The topological polar surface area (TPSA) is 68.5 Å². The zero-order chi connectivity index (χ0) is 26.1. The summed E-state index contributed by atoms with van der Waals surface area (Å²) in [6, 6.07) is 16.4. The standard InChI is InChI=1S/C30H34N4O4/c1-21(14-22-6-4-3-5-7-22)17-32-10-12-33(13-11-32)18-28-25-19-37-27-16-26-23(15-24(27)30(25)31-38-28)8-9-34(26)29(35)20-36-2/h3-9,14-16,25,28H,10-13,17-20H2,1-2H3/b21-14+. The summed E-state index contributed by atoms with van der Waals surface area (Å²) in [5, 5.41) is 5.49. The zero-order valence-corrected chi connectivity index (χ0v) is 22.0. The van der Waals surface area contributed by atoms with Crippen molar-refractivity contribution >= 4 is 28.6 Å². The summed E-state index contributed by atoms with van der Waals surface area (Å²) in [6.45, 7) is 8.73. The van der Waals surface area contributed by atoms with Crippen molar-refractivity contribution < 1.29 is 19.1 Å². The molecule has 3 aromatic rings. The first-order chi connectivity index (χ1) is 18.6. The third kappa shape index (κ3) is 4.99. The fourth-order valence-electron chi connectivity index (χ4n) is 5.73. The lowest BCUT2D eigenvalue weighted by Crippen LogP contribution is -2.50. The SMILES string of the molecule is COCC(=O)n1ccc2cc3c(cc21)OCC1C3=NOC1CN1CCN(C/C(C)=C/c2ccccc2)CC1. The number of hydrogen-bond acceptors (Lipinski definition) is 7. The Kier molecular flexibility index (Phi) is 7.02. The highest BCUT2D eigenvalue weighted by atomic mass is 16.6. The molecule has 1 saturated heterocycles. The summed E-state index contributed by atoms with van der Waals surface area (Å²) in [4.78, 5) is 23.4. The Morgan fingerprint density at radius 2 is 1.89 bits per heavy atom. The van der Waals surface area contributed by atoms with E-state index in [2.05, 4.69) is 64.4 Å². The molecule has 3 aliphatic heterocycles. The molecule has 6 rings (SSSR count). The molecule has 0 aliphatic carbocycles. The van der Waals surface area contributed by atoms with E-state index >= 15 is 0 Å². The van der Waals surface area contributed by atoms with Crippen molar-refractivity contribution in [1.29, 1.82) is 0 Å². The second-order valence-electron chi connectivity index (χ2n) is 10.4. The fraction of sp³-hybridized carbons (Fsp3) is 0.400. The maximum absolute atomic E-state index is 12.4. The highest BCUT2D eigenvalue weighted by molar-refractivity contribution is 6.09. The van der Waals surface area contributed by atoms with Crippen LogP contribution in [-0.4, -0.2) is 91.7 Å². The van der Waals surface area contributed by atoms with Crippen LogP contribution in [0.4, 0.5) is 0 Å². The van der Waals surface area contributed by atoms with Crippen molar-refractivity contribution in [2.45, 2.75) is 13.0 Å². The predicted octanol–water partition coefficient (Wildman–Crippen LogP) is 3.76. The number of benzene rings is 2. The predicted molar refractivity (Wildman–Crippen MR) is 148 cm³/mol. The lowest BCUT2D eigenvalue weighted by molar-refractivity contribution is 0.0101. The van der Waals surface area contributed by atoms with Crippen molar-refractivity contribution in [2.75, 3.05) is 59.6 Å². The molecule has 38 heavy (non-hydrogen) atoms. The zero-order valence-electron chi connectivity index (χ0n) is 22.0. The Hall–Kier alpha value is -3.46. The number of fused-ring (bicyclic) bond motifs is 4.